The van der Waals surface area contributed by atoms with E-state index in [1.54, 1.807) is 11.1 Å². The second-order valence-electron chi connectivity index (χ2n) is 10.5. The van der Waals surface area contributed by atoms with E-state index in [1.165, 1.54) is 56.9 Å². The predicted molar refractivity (Wildman–Crippen MR) is 115 cm³/mol. The van der Waals surface area contributed by atoms with Crippen molar-refractivity contribution in [3.8, 4) is 0 Å². The van der Waals surface area contributed by atoms with Crippen molar-refractivity contribution >= 4 is 0 Å². The Labute approximate surface area is 158 Å². The molecule has 0 nitrogen and oxygen atoms in total. The predicted octanol–water partition coefficient (Wildman–Crippen LogP) is 8.65. The first-order valence-electron chi connectivity index (χ1n) is 10.5. The minimum absolute atomic E-state index is 0.432. The molecule has 1 rings (SSSR count). The topological polar surface area (TPSA) is 0 Å². The van der Waals surface area contributed by atoms with Crippen molar-refractivity contribution in [2.45, 2.75) is 107 Å². The average molecular weight is 345 g/mol. The molecule has 0 saturated heterocycles. The molecule has 0 amide bonds. The van der Waals surface area contributed by atoms with E-state index in [1.807, 2.05) is 0 Å². The third kappa shape index (κ3) is 9.47. The lowest BCUT2D eigenvalue weighted by Crippen LogP contribution is -2.30. The molecule has 0 aliphatic heterocycles. The number of allylic oxidation sites excluding steroid dienone is 6. The summed E-state index contributed by atoms with van der Waals surface area (Å²) in [5, 5.41) is 0. The molecular weight excluding hydrogens is 300 g/mol. The van der Waals surface area contributed by atoms with E-state index >= 15 is 0 Å². The highest BCUT2D eigenvalue weighted by atomic mass is 14.4. The number of hydrogen-bond donors (Lipinski definition) is 0. The first-order valence-corrected chi connectivity index (χ1v) is 10.5. The Morgan fingerprint density at radius 1 is 1.04 bits per heavy atom. The van der Waals surface area contributed by atoms with Gasteiger partial charge in [0.25, 0.3) is 0 Å². The van der Waals surface area contributed by atoms with Gasteiger partial charge in [0.05, 0.1) is 0 Å². The van der Waals surface area contributed by atoms with E-state index in [-0.39, 0.29) is 0 Å². The van der Waals surface area contributed by atoms with Crippen LogP contribution in [-0.4, -0.2) is 0 Å². The molecular formula is C25H44. The van der Waals surface area contributed by atoms with Gasteiger partial charge in [-0.15, -0.1) is 0 Å². The van der Waals surface area contributed by atoms with Gasteiger partial charge in [0.2, 0.25) is 0 Å². The zero-order chi connectivity index (χ0) is 19.1. The van der Waals surface area contributed by atoms with E-state index in [0.717, 1.165) is 5.92 Å². The van der Waals surface area contributed by atoms with Crippen LogP contribution in [0.3, 0.4) is 0 Å². The molecule has 0 bridgehead atoms. The van der Waals surface area contributed by atoms with Crippen LogP contribution in [0, 0.1) is 16.7 Å². The molecule has 0 spiro atoms. The fourth-order valence-electron chi connectivity index (χ4n) is 4.53. The van der Waals surface area contributed by atoms with Crippen molar-refractivity contribution in [1.82, 2.24) is 0 Å². The Kier molecular flexibility index (Phi) is 8.72. The Morgan fingerprint density at radius 3 is 2.24 bits per heavy atom. The molecule has 0 saturated carbocycles. The summed E-state index contributed by atoms with van der Waals surface area (Å²) in [7, 11) is 0. The fourth-order valence-corrected chi connectivity index (χ4v) is 4.53. The van der Waals surface area contributed by atoms with Gasteiger partial charge in [-0.25, -0.2) is 0 Å². The molecule has 1 atom stereocenters. The van der Waals surface area contributed by atoms with Gasteiger partial charge >= 0.3 is 0 Å². The van der Waals surface area contributed by atoms with Gasteiger partial charge in [0, 0.05) is 0 Å². The molecule has 25 heavy (non-hydrogen) atoms. The molecule has 1 aliphatic carbocycles. The molecule has 0 heteroatoms. The Morgan fingerprint density at radius 2 is 1.72 bits per heavy atom. The van der Waals surface area contributed by atoms with Crippen LogP contribution in [-0.2, 0) is 0 Å². The minimum atomic E-state index is 0.432. The molecule has 1 aliphatic rings. The minimum Gasteiger partial charge on any atom is -0.0856 e. The van der Waals surface area contributed by atoms with Crippen LogP contribution in [0.2, 0.25) is 0 Å². The highest BCUT2D eigenvalue weighted by Crippen LogP contribution is 2.45. The monoisotopic (exact) mass is 344 g/mol. The second kappa shape index (κ2) is 9.79. The summed E-state index contributed by atoms with van der Waals surface area (Å²) < 4.78 is 0. The van der Waals surface area contributed by atoms with Gasteiger partial charge < -0.3 is 0 Å². The highest BCUT2D eigenvalue weighted by Gasteiger charge is 2.33. The molecule has 0 aromatic heterocycles. The summed E-state index contributed by atoms with van der Waals surface area (Å²) in [6.45, 7) is 18.8. The van der Waals surface area contributed by atoms with E-state index in [0.29, 0.717) is 10.8 Å². The zero-order valence-corrected chi connectivity index (χ0v) is 18.5. The van der Waals surface area contributed by atoms with E-state index in [2.05, 4.69) is 73.6 Å². The lowest BCUT2D eigenvalue weighted by molar-refractivity contribution is 0.120. The van der Waals surface area contributed by atoms with E-state index < -0.39 is 0 Å². The van der Waals surface area contributed by atoms with Crippen molar-refractivity contribution < 1.29 is 0 Å². The maximum absolute atomic E-state index is 2.57. The zero-order valence-electron chi connectivity index (χ0n) is 18.5. The molecule has 0 N–H and O–H groups in total. The van der Waals surface area contributed by atoms with Gasteiger partial charge in [0.1, 0.15) is 0 Å². The summed E-state index contributed by atoms with van der Waals surface area (Å²) in [5.74, 6) is 0.858. The molecule has 144 valence electrons. The molecule has 0 radical (unpaired) electrons. The molecule has 0 heterocycles. The van der Waals surface area contributed by atoms with Gasteiger partial charge in [-0.05, 0) is 88.9 Å². The van der Waals surface area contributed by atoms with Crippen LogP contribution in [0.15, 0.2) is 34.9 Å². The van der Waals surface area contributed by atoms with Crippen LogP contribution in [0.5, 0.6) is 0 Å². The standard InChI is InChI=1S/C25H44/c1-20(2)11-9-12-21(3)13-10-14-22-15-17-23(18-16-22)25(7,8)19-24(4,5)6/h11,13,15,23H,9-10,12,14,16-19H2,1-8H3/b21-13+. The Hall–Kier alpha value is -0.780. The smallest absolute Gasteiger partial charge is 0.0285 e. The highest BCUT2D eigenvalue weighted by molar-refractivity contribution is 5.10. The number of rotatable bonds is 8. The van der Waals surface area contributed by atoms with Crippen molar-refractivity contribution in [1.29, 1.82) is 0 Å². The summed E-state index contributed by atoms with van der Waals surface area (Å²) in [5.41, 5.74) is 5.58. The fraction of sp³-hybridized carbons (Fsp3) is 0.760. The van der Waals surface area contributed by atoms with Crippen molar-refractivity contribution in [3.05, 3.63) is 34.9 Å². The van der Waals surface area contributed by atoms with E-state index in [4.69, 9.17) is 0 Å². The maximum atomic E-state index is 2.57. The SMILES string of the molecule is CC(C)=CCC/C(C)=C/CCC1=CCC(C(C)(C)CC(C)(C)C)CC1. The summed E-state index contributed by atoms with van der Waals surface area (Å²) in [6.07, 6.45) is 17.6. The first kappa shape index (κ1) is 22.3. The largest absolute Gasteiger partial charge is 0.0856 e. The molecule has 1 unspecified atom stereocenters. The summed E-state index contributed by atoms with van der Waals surface area (Å²) in [4.78, 5) is 0. The molecule has 0 fully saturated rings. The normalized spacial score (nSPS) is 19.6. The van der Waals surface area contributed by atoms with Crippen LogP contribution >= 0.6 is 0 Å². The van der Waals surface area contributed by atoms with Gasteiger partial charge in [-0.3, -0.25) is 0 Å². The summed E-state index contributed by atoms with van der Waals surface area (Å²) in [6, 6.07) is 0. The van der Waals surface area contributed by atoms with Crippen molar-refractivity contribution in [2.24, 2.45) is 16.7 Å². The first-order chi connectivity index (χ1) is 11.5. The van der Waals surface area contributed by atoms with Gasteiger partial charge in [-0.2, -0.15) is 0 Å². The lowest BCUT2D eigenvalue weighted by atomic mass is 9.65. The lowest BCUT2D eigenvalue weighted by Gasteiger charge is -2.40. The molecule has 0 aromatic carbocycles. The van der Waals surface area contributed by atoms with Crippen LogP contribution in [0.1, 0.15) is 107 Å². The average Bonchev–Trinajstić information content (AvgIpc) is 2.45. The van der Waals surface area contributed by atoms with Crippen LogP contribution in [0.4, 0.5) is 0 Å². The van der Waals surface area contributed by atoms with Crippen LogP contribution < -0.4 is 0 Å². The number of hydrogen-bond acceptors (Lipinski definition) is 0. The third-order valence-electron chi connectivity index (χ3n) is 5.65. The molecule has 0 aromatic rings. The van der Waals surface area contributed by atoms with E-state index in [9.17, 15) is 0 Å². The van der Waals surface area contributed by atoms with Gasteiger partial charge in [-0.1, -0.05) is 69.6 Å². The second-order valence-corrected chi connectivity index (χ2v) is 10.5. The Balaban J connectivity index is 2.41. The van der Waals surface area contributed by atoms with Crippen molar-refractivity contribution in [3.63, 3.8) is 0 Å². The third-order valence-corrected chi connectivity index (χ3v) is 5.65. The van der Waals surface area contributed by atoms with Crippen molar-refractivity contribution in [2.75, 3.05) is 0 Å². The Bertz CT molecular complexity index is 487. The summed E-state index contributed by atoms with van der Waals surface area (Å²) >= 11 is 0. The van der Waals surface area contributed by atoms with Gasteiger partial charge in [0.15, 0.2) is 0 Å². The maximum Gasteiger partial charge on any atom is -0.0285 e. The van der Waals surface area contributed by atoms with Crippen LogP contribution in [0.25, 0.3) is 0 Å². The quantitative estimate of drug-likeness (QED) is 0.386.